The van der Waals surface area contributed by atoms with Crippen molar-refractivity contribution in [1.29, 1.82) is 0 Å². The Hall–Kier alpha value is -2.83. The molecule has 7 heteroatoms. The number of halogens is 1. The largest absolute Gasteiger partial charge is 0.370 e. The fourth-order valence-electron chi connectivity index (χ4n) is 5.27. The SMILES string of the molecule is Cc1ccc(C(CC(N)=O)N2CC3CN(C(=O)c4cc5ccccc5[nH]4)CC3C2)cc1Cl. The first kappa shape index (κ1) is 21.0. The molecule has 0 spiro atoms. The summed E-state index contributed by atoms with van der Waals surface area (Å²) in [6.45, 7) is 5.10. The number of nitrogens with zero attached hydrogens (tertiary/aromatic N) is 2. The molecule has 2 aliphatic heterocycles. The van der Waals surface area contributed by atoms with Crippen LogP contribution in [-0.2, 0) is 4.79 Å². The zero-order valence-electron chi connectivity index (χ0n) is 18.1. The van der Waals surface area contributed by atoms with E-state index in [2.05, 4.69) is 9.88 Å². The predicted molar refractivity (Wildman–Crippen MR) is 125 cm³/mol. The number of H-pyrrole nitrogens is 1. The van der Waals surface area contributed by atoms with Crippen LogP contribution in [0.1, 0.15) is 34.1 Å². The number of hydrogen-bond donors (Lipinski definition) is 2. The molecule has 2 fully saturated rings. The number of carbonyl (C=O) groups is 2. The number of amides is 2. The summed E-state index contributed by atoms with van der Waals surface area (Å²) >= 11 is 6.36. The van der Waals surface area contributed by atoms with E-state index < -0.39 is 0 Å². The van der Waals surface area contributed by atoms with Crippen molar-refractivity contribution in [1.82, 2.24) is 14.8 Å². The fraction of sp³-hybridized carbons (Fsp3) is 0.360. The van der Waals surface area contributed by atoms with Gasteiger partial charge in [0.2, 0.25) is 5.91 Å². The molecule has 166 valence electrons. The molecule has 2 saturated heterocycles. The van der Waals surface area contributed by atoms with Gasteiger partial charge in [-0.2, -0.15) is 0 Å². The second kappa shape index (κ2) is 8.26. The summed E-state index contributed by atoms with van der Waals surface area (Å²) in [6.07, 6.45) is 0.260. The highest BCUT2D eigenvalue weighted by Crippen LogP contribution is 2.38. The van der Waals surface area contributed by atoms with Gasteiger partial charge in [-0.3, -0.25) is 14.5 Å². The number of nitrogens with two attached hydrogens (primary N) is 1. The molecule has 1 aromatic heterocycles. The van der Waals surface area contributed by atoms with Gasteiger partial charge >= 0.3 is 0 Å². The van der Waals surface area contributed by atoms with Crippen molar-refractivity contribution in [2.75, 3.05) is 26.2 Å². The number of nitrogens with one attached hydrogen (secondary N) is 1. The number of fused-ring (bicyclic) bond motifs is 2. The minimum atomic E-state index is -0.320. The Morgan fingerprint density at radius 1 is 1.09 bits per heavy atom. The van der Waals surface area contributed by atoms with Crippen LogP contribution in [0.3, 0.4) is 0 Å². The standard InChI is InChI=1S/C25H27ClN4O2/c1-15-6-7-17(8-20(15)26)23(10-24(27)31)29-11-18-13-30(14-19(18)12-29)25(32)22-9-16-4-2-3-5-21(16)28-22/h2-9,18-19,23,28H,10-14H2,1H3,(H2,27,31). The van der Waals surface area contributed by atoms with Gasteiger partial charge in [0.25, 0.3) is 5.91 Å². The minimum absolute atomic E-state index is 0.0566. The van der Waals surface area contributed by atoms with Gasteiger partial charge in [0.15, 0.2) is 0 Å². The molecule has 3 atom stereocenters. The summed E-state index contributed by atoms with van der Waals surface area (Å²) in [5.41, 5.74) is 9.24. The van der Waals surface area contributed by atoms with Crippen LogP contribution in [0.25, 0.3) is 10.9 Å². The average molecular weight is 451 g/mol. The summed E-state index contributed by atoms with van der Waals surface area (Å²) in [5, 5.41) is 1.75. The highest BCUT2D eigenvalue weighted by molar-refractivity contribution is 6.31. The van der Waals surface area contributed by atoms with Crippen molar-refractivity contribution in [3.05, 3.63) is 70.4 Å². The van der Waals surface area contributed by atoms with Crippen LogP contribution in [0, 0.1) is 18.8 Å². The van der Waals surface area contributed by atoms with E-state index in [1.165, 1.54) is 0 Å². The molecule has 0 aliphatic carbocycles. The topological polar surface area (TPSA) is 82.4 Å². The van der Waals surface area contributed by atoms with Crippen LogP contribution >= 0.6 is 11.6 Å². The Labute approximate surface area is 192 Å². The van der Waals surface area contributed by atoms with Crippen molar-refractivity contribution < 1.29 is 9.59 Å². The quantitative estimate of drug-likeness (QED) is 0.621. The summed E-state index contributed by atoms with van der Waals surface area (Å²) in [5.74, 6) is 0.514. The molecule has 3 aromatic rings. The van der Waals surface area contributed by atoms with Gasteiger partial charge in [0, 0.05) is 54.6 Å². The molecule has 5 rings (SSSR count). The van der Waals surface area contributed by atoms with Crippen LogP contribution in [-0.4, -0.2) is 52.8 Å². The molecule has 0 saturated carbocycles. The summed E-state index contributed by atoms with van der Waals surface area (Å²) < 4.78 is 0. The number of para-hydroxylation sites is 1. The number of likely N-dealkylation sites (tertiary alicyclic amines) is 2. The second-order valence-corrected chi connectivity index (χ2v) is 9.56. The lowest BCUT2D eigenvalue weighted by molar-refractivity contribution is -0.119. The van der Waals surface area contributed by atoms with E-state index in [0.717, 1.165) is 48.2 Å². The van der Waals surface area contributed by atoms with Gasteiger partial charge in [0.1, 0.15) is 5.69 Å². The first-order valence-electron chi connectivity index (χ1n) is 11.0. The second-order valence-electron chi connectivity index (χ2n) is 9.15. The molecule has 6 nitrogen and oxygen atoms in total. The van der Waals surface area contributed by atoms with Crippen molar-refractivity contribution in [3.8, 4) is 0 Å². The Morgan fingerprint density at radius 3 is 2.47 bits per heavy atom. The van der Waals surface area contributed by atoms with E-state index in [1.807, 2.05) is 60.4 Å². The molecule has 2 amide bonds. The Balaban J connectivity index is 1.29. The lowest BCUT2D eigenvalue weighted by Gasteiger charge is -2.29. The minimum Gasteiger partial charge on any atom is -0.370 e. The Bertz CT molecular complexity index is 1140. The predicted octanol–water partition coefficient (Wildman–Crippen LogP) is 3.75. The highest BCUT2D eigenvalue weighted by Gasteiger charge is 2.44. The van der Waals surface area contributed by atoms with Crippen LogP contribution in [0.15, 0.2) is 48.5 Å². The van der Waals surface area contributed by atoms with Crippen molar-refractivity contribution in [2.45, 2.75) is 19.4 Å². The summed E-state index contributed by atoms with van der Waals surface area (Å²) in [6, 6.07) is 15.8. The van der Waals surface area contributed by atoms with Crippen LogP contribution < -0.4 is 5.73 Å². The molecule has 32 heavy (non-hydrogen) atoms. The zero-order chi connectivity index (χ0) is 22.4. The Kier molecular flexibility index (Phi) is 5.43. The third-order valence-electron chi connectivity index (χ3n) is 6.98. The normalized spacial score (nSPS) is 21.8. The van der Waals surface area contributed by atoms with E-state index in [0.29, 0.717) is 22.6 Å². The smallest absolute Gasteiger partial charge is 0.270 e. The number of carbonyl (C=O) groups excluding carboxylic acids is 2. The molecule has 2 aromatic carbocycles. The molecule has 3 N–H and O–H groups in total. The van der Waals surface area contributed by atoms with Gasteiger partial charge in [-0.25, -0.2) is 0 Å². The van der Waals surface area contributed by atoms with Crippen molar-refractivity contribution in [3.63, 3.8) is 0 Å². The van der Waals surface area contributed by atoms with Gasteiger partial charge in [0.05, 0.1) is 0 Å². The van der Waals surface area contributed by atoms with Crippen LogP contribution in [0.4, 0.5) is 0 Å². The first-order valence-corrected chi connectivity index (χ1v) is 11.4. The van der Waals surface area contributed by atoms with Crippen LogP contribution in [0.5, 0.6) is 0 Å². The number of benzene rings is 2. The number of primary amides is 1. The maximum atomic E-state index is 13.1. The maximum absolute atomic E-state index is 13.1. The third-order valence-corrected chi connectivity index (χ3v) is 7.39. The average Bonchev–Trinajstić information content (AvgIpc) is 3.46. The molecule has 3 heterocycles. The molecular weight excluding hydrogens is 424 g/mol. The number of aryl methyl sites for hydroxylation is 1. The highest BCUT2D eigenvalue weighted by atomic mass is 35.5. The first-order chi connectivity index (χ1) is 15.4. The monoisotopic (exact) mass is 450 g/mol. The number of rotatable bonds is 5. The van der Waals surface area contributed by atoms with Crippen LogP contribution in [0.2, 0.25) is 5.02 Å². The number of aromatic amines is 1. The van der Waals surface area contributed by atoms with Gasteiger partial charge < -0.3 is 15.6 Å². The van der Waals surface area contributed by atoms with Crippen molar-refractivity contribution >= 4 is 34.3 Å². The van der Waals surface area contributed by atoms with E-state index in [4.69, 9.17) is 17.3 Å². The lowest BCUT2D eigenvalue weighted by Crippen LogP contribution is -2.36. The maximum Gasteiger partial charge on any atom is 0.270 e. The zero-order valence-corrected chi connectivity index (χ0v) is 18.8. The van der Waals surface area contributed by atoms with E-state index in [9.17, 15) is 9.59 Å². The third kappa shape index (κ3) is 3.89. The van der Waals surface area contributed by atoms with E-state index in [1.54, 1.807) is 0 Å². The summed E-state index contributed by atoms with van der Waals surface area (Å²) in [4.78, 5) is 32.5. The van der Waals surface area contributed by atoms with Crippen molar-refractivity contribution in [2.24, 2.45) is 17.6 Å². The van der Waals surface area contributed by atoms with E-state index >= 15 is 0 Å². The molecule has 0 radical (unpaired) electrons. The van der Waals surface area contributed by atoms with Gasteiger partial charge in [-0.15, -0.1) is 0 Å². The number of aromatic nitrogens is 1. The lowest BCUT2D eigenvalue weighted by atomic mass is 10.0. The molecule has 3 unspecified atom stereocenters. The van der Waals surface area contributed by atoms with Gasteiger partial charge in [-0.1, -0.05) is 41.9 Å². The molecular formula is C25H27ClN4O2. The molecule has 0 bridgehead atoms. The Morgan fingerprint density at radius 2 is 1.81 bits per heavy atom. The number of hydrogen-bond acceptors (Lipinski definition) is 3. The molecule has 2 aliphatic rings. The summed E-state index contributed by atoms with van der Waals surface area (Å²) in [7, 11) is 0. The van der Waals surface area contributed by atoms with E-state index in [-0.39, 0.29) is 24.3 Å². The fourth-order valence-corrected chi connectivity index (χ4v) is 5.46. The van der Waals surface area contributed by atoms with Gasteiger partial charge in [-0.05, 0) is 48.1 Å².